The molecule has 4 rings (SSSR count). The van der Waals surface area contributed by atoms with Crippen molar-refractivity contribution in [3.8, 4) is 11.5 Å². The summed E-state index contributed by atoms with van der Waals surface area (Å²) in [5.41, 5.74) is 2.70. The number of aromatic carboxylic acids is 1. The van der Waals surface area contributed by atoms with Crippen molar-refractivity contribution in [3.05, 3.63) is 83.4 Å². The van der Waals surface area contributed by atoms with E-state index >= 15 is 0 Å². The Labute approximate surface area is 204 Å². The normalized spacial score (nSPS) is 13.8. The lowest BCUT2D eigenvalue weighted by atomic mass is 10.1. The van der Waals surface area contributed by atoms with Gasteiger partial charge in [-0.3, -0.25) is 9.69 Å². The zero-order valence-corrected chi connectivity index (χ0v) is 19.9. The molecule has 35 heavy (non-hydrogen) atoms. The summed E-state index contributed by atoms with van der Waals surface area (Å²) >= 11 is 0. The van der Waals surface area contributed by atoms with Gasteiger partial charge in [0.2, 0.25) is 0 Å². The average molecular weight is 476 g/mol. The predicted octanol–water partition coefficient (Wildman–Crippen LogP) is 3.98. The van der Waals surface area contributed by atoms with Crippen molar-refractivity contribution in [1.82, 2.24) is 4.90 Å². The van der Waals surface area contributed by atoms with Gasteiger partial charge in [-0.25, -0.2) is 4.79 Å². The SMILES string of the molecule is COc1ccc(C(=O)Nc2ccc(N3CCN(Cc4ccccc4OC)CC3)cc2C(=O)O)cc1. The van der Waals surface area contributed by atoms with E-state index in [1.54, 1.807) is 50.6 Å². The number of carboxylic acid groups (broad SMARTS) is 1. The van der Waals surface area contributed by atoms with E-state index in [4.69, 9.17) is 9.47 Å². The Balaban J connectivity index is 1.42. The van der Waals surface area contributed by atoms with Crippen molar-refractivity contribution >= 4 is 23.3 Å². The van der Waals surface area contributed by atoms with Gasteiger partial charge in [-0.2, -0.15) is 0 Å². The number of carbonyl (C=O) groups is 2. The minimum atomic E-state index is -1.09. The monoisotopic (exact) mass is 475 g/mol. The smallest absolute Gasteiger partial charge is 0.337 e. The third-order valence-electron chi connectivity index (χ3n) is 6.16. The van der Waals surface area contributed by atoms with E-state index in [2.05, 4.69) is 21.2 Å². The van der Waals surface area contributed by atoms with Crippen molar-refractivity contribution in [2.24, 2.45) is 0 Å². The van der Waals surface area contributed by atoms with Gasteiger partial charge in [0.1, 0.15) is 11.5 Å². The molecule has 0 aliphatic carbocycles. The fourth-order valence-electron chi connectivity index (χ4n) is 4.19. The Morgan fingerprint density at radius 2 is 1.63 bits per heavy atom. The lowest BCUT2D eigenvalue weighted by Gasteiger charge is -2.36. The Bertz CT molecular complexity index is 1190. The molecule has 1 aliphatic heterocycles. The molecule has 3 aromatic rings. The van der Waals surface area contributed by atoms with Gasteiger partial charge in [-0.05, 0) is 48.5 Å². The quantitative estimate of drug-likeness (QED) is 0.509. The average Bonchev–Trinajstić information content (AvgIpc) is 2.89. The Kier molecular flexibility index (Phi) is 7.52. The third-order valence-corrected chi connectivity index (χ3v) is 6.16. The molecule has 1 heterocycles. The number of methoxy groups -OCH3 is 2. The summed E-state index contributed by atoms with van der Waals surface area (Å²) in [5.74, 6) is 0.0491. The van der Waals surface area contributed by atoms with Crippen LogP contribution in [0, 0.1) is 0 Å². The van der Waals surface area contributed by atoms with Crippen molar-refractivity contribution in [2.45, 2.75) is 6.54 Å². The van der Waals surface area contributed by atoms with Crippen LogP contribution in [0.25, 0.3) is 0 Å². The number of rotatable bonds is 8. The molecule has 0 spiro atoms. The van der Waals surface area contributed by atoms with Crippen LogP contribution in [0.2, 0.25) is 0 Å². The molecule has 0 saturated carbocycles. The number of piperazine rings is 1. The molecule has 0 bridgehead atoms. The standard InChI is InChI=1S/C27H29N3O5/c1-34-22-10-7-19(8-11-22)26(31)28-24-12-9-21(17-23(24)27(32)33)30-15-13-29(14-16-30)18-20-5-3-4-6-25(20)35-2/h3-12,17H,13-16,18H2,1-2H3,(H,28,31)(H,32,33). The second-order valence-corrected chi connectivity index (χ2v) is 8.29. The maximum atomic E-state index is 12.6. The summed E-state index contributed by atoms with van der Waals surface area (Å²) in [7, 11) is 3.23. The van der Waals surface area contributed by atoms with Gasteiger partial charge < -0.3 is 24.8 Å². The van der Waals surface area contributed by atoms with E-state index in [0.29, 0.717) is 11.3 Å². The van der Waals surface area contributed by atoms with Crippen LogP contribution in [0.3, 0.4) is 0 Å². The second kappa shape index (κ2) is 10.9. The highest BCUT2D eigenvalue weighted by atomic mass is 16.5. The van der Waals surface area contributed by atoms with Gasteiger partial charge in [0.15, 0.2) is 0 Å². The minimum Gasteiger partial charge on any atom is -0.497 e. The zero-order valence-electron chi connectivity index (χ0n) is 19.9. The molecule has 0 radical (unpaired) electrons. The first kappa shape index (κ1) is 24.1. The highest BCUT2D eigenvalue weighted by Gasteiger charge is 2.21. The molecule has 182 valence electrons. The molecule has 0 unspecified atom stereocenters. The van der Waals surface area contributed by atoms with Gasteiger partial charge >= 0.3 is 5.97 Å². The van der Waals surface area contributed by atoms with Crippen molar-refractivity contribution in [3.63, 3.8) is 0 Å². The van der Waals surface area contributed by atoms with Gasteiger partial charge in [0.05, 0.1) is 25.5 Å². The molecular formula is C27H29N3O5. The van der Waals surface area contributed by atoms with Crippen LogP contribution in [0.5, 0.6) is 11.5 Å². The van der Waals surface area contributed by atoms with E-state index in [9.17, 15) is 14.7 Å². The molecule has 8 nitrogen and oxygen atoms in total. The van der Waals surface area contributed by atoms with Crippen LogP contribution in [-0.4, -0.2) is 62.3 Å². The Morgan fingerprint density at radius 1 is 0.914 bits per heavy atom. The van der Waals surface area contributed by atoms with E-state index in [0.717, 1.165) is 49.7 Å². The molecular weight excluding hydrogens is 446 g/mol. The van der Waals surface area contributed by atoms with Gasteiger partial charge in [0.25, 0.3) is 5.91 Å². The van der Waals surface area contributed by atoms with Crippen LogP contribution in [-0.2, 0) is 6.54 Å². The lowest BCUT2D eigenvalue weighted by molar-refractivity contribution is 0.0698. The number of para-hydroxylation sites is 1. The molecule has 8 heteroatoms. The topological polar surface area (TPSA) is 91.3 Å². The van der Waals surface area contributed by atoms with Crippen LogP contribution < -0.4 is 19.7 Å². The maximum Gasteiger partial charge on any atom is 0.337 e. The van der Waals surface area contributed by atoms with Crippen LogP contribution in [0.1, 0.15) is 26.3 Å². The number of hydrogen-bond donors (Lipinski definition) is 2. The largest absolute Gasteiger partial charge is 0.497 e. The summed E-state index contributed by atoms with van der Waals surface area (Å²) in [4.78, 5) is 29.1. The fraction of sp³-hybridized carbons (Fsp3) is 0.259. The molecule has 3 aromatic carbocycles. The number of hydrogen-bond acceptors (Lipinski definition) is 6. The summed E-state index contributed by atoms with van der Waals surface area (Å²) in [6.45, 7) is 4.03. The number of anilines is 2. The number of nitrogens with one attached hydrogen (secondary N) is 1. The first-order valence-electron chi connectivity index (χ1n) is 11.4. The number of carbonyl (C=O) groups excluding carboxylic acids is 1. The summed E-state index contributed by atoms with van der Waals surface area (Å²) in [6.07, 6.45) is 0. The molecule has 2 N–H and O–H groups in total. The Morgan fingerprint density at radius 3 is 2.29 bits per heavy atom. The second-order valence-electron chi connectivity index (χ2n) is 8.29. The van der Waals surface area contributed by atoms with Crippen LogP contribution >= 0.6 is 0 Å². The van der Waals surface area contributed by atoms with Gasteiger partial charge in [-0.15, -0.1) is 0 Å². The minimum absolute atomic E-state index is 0.0563. The Hall–Kier alpha value is -4.04. The molecule has 0 atom stereocenters. The maximum absolute atomic E-state index is 12.6. The highest BCUT2D eigenvalue weighted by Crippen LogP contribution is 2.26. The van der Waals surface area contributed by atoms with Crippen molar-refractivity contribution in [2.75, 3.05) is 50.6 Å². The summed E-state index contributed by atoms with van der Waals surface area (Å²) in [5, 5.41) is 12.5. The zero-order chi connectivity index (χ0) is 24.8. The number of nitrogens with zero attached hydrogens (tertiary/aromatic N) is 2. The molecule has 1 amide bonds. The van der Waals surface area contributed by atoms with Crippen LogP contribution in [0.4, 0.5) is 11.4 Å². The molecule has 1 saturated heterocycles. The lowest BCUT2D eigenvalue weighted by Crippen LogP contribution is -2.46. The summed E-state index contributed by atoms with van der Waals surface area (Å²) in [6, 6.07) is 19.8. The predicted molar refractivity (Wildman–Crippen MR) is 135 cm³/mol. The van der Waals surface area contributed by atoms with E-state index in [1.165, 1.54) is 0 Å². The van der Waals surface area contributed by atoms with Crippen molar-refractivity contribution < 1.29 is 24.2 Å². The van der Waals surface area contributed by atoms with E-state index < -0.39 is 5.97 Å². The molecule has 1 fully saturated rings. The first-order valence-corrected chi connectivity index (χ1v) is 11.4. The highest BCUT2D eigenvalue weighted by molar-refractivity contribution is 6.08. The first-order chi connectivity index (χ1) is 17.0. The number of benzene rings is 3. The van der Waals surface area contributed by atoms with Crippen LogP contribution in [0.15, 0.2) is 66.7 Å². The number of carboxylic acids is 1. The molecule has 0 aromatic heterocycles. The van der Waals surface area contributed by atoms with Gasteiger partial charge in [-0.1, -0.05) is 18.2 Å². The number of ether oxygens (including phenoxy) is 2. The van der Waals surface area contributed by atoms with E-state index in [-0.39, 0.29) is 17.2 Å². The summed E-state index contributed by atoms with van der Waals surface area (Å²) < 4.78 is 10.6. The molecule has 1 aliphatic rings. The fourth-order valence-corrected chi connectivity index (χ4v) is 4.19. The van der Waals surface area contributed by atoms with E-state index in [1.807, 2.05) is 24.3 Å². The number of amides is 1. The van der Waals surface area contributed by atoms with Crippen molar-refractivity contribution in [1.29, 1.82) is 0 Å². The third kappa shape index (κ3) is 5.73. The van der Waals surface area contributed by atoms with Gasteiger partial charge in [0, 0.05) is 49.5 Å².